The second-order valence-electron chi connectivity index (χ2n) is 10.9. The number of hydrogen-bond acceptors (Lipinski definition) is 5. The number of halogens is 1. The summed E-state index contributed by atoms with van der Waals surface area (Å²) >= 11 is 6.12. The Kier molecular flexibility index (Phi) is 8.41. The third kappa shape index (κ3) is 6.00. The van der Waals surface area contributed by atoms with Crippen LogP contribution in [-0.2, 0) is 20.9 Å². The molecule has 0 saturated heterocycles. The van der Waals surface area contributed by atoms with Crippen LogP contribution < -0.4 is 10.1 Å². The number of ether oxygens (including phenoxy) is 2. The van der Waals surface area contributed by atoms with E-state index in [1.807, 2.05) is 99.6 Å². The number of Topliss-reactive ketones (excluding diaryl/α,β-unsaturated/α-hetero) is 1. The Morgan fingerprint density at radius 1 is 0.975 bits per heavy atom. The monoisotopic (exact) mass is 555 g/mol. The number of benzene rings is 3. The quantitative estimate of drug-likeness (QED) is 0.292. The van der Waals surface area contributed by atoms with E-state index >= 15 is 0 Å². The average Bonchev–Trinajstić information content (AvgIpc) is 2.95. The molecule has 0 fully saturated rings. The maximum atomic E-state index is 14.0. The van der Waals surface area contributed by atoms with Crippen LogP contribution in [0.2, 0.25) is 5.02 Å². The van der Waals surface area contributed by atoms with Gasteiger partial charge < -0.3 is 14.8 Å². The lowest BCUT2D eigenvalue weighted by atomic mass is 9.71. The molecular formula is C34H34ClNO4. The molecule has 1 N–H and O–H groups in total. The fourth-order valence-corrected chi connectivity index (χ4v) is 5.62. The van der Waals surface area contributed by atoms with Gasteiger partial charge in [-0.2, -0.15) is 0 Å². The van der Waals surface area contributed by atoms with Gasteiger partial charge in [0.05, 0.1) is 18.1 Å². The topological polar surface area (TPSA) is 64.6 Å². The van der Waals surface area contributed by atoms with E-state index < -0.39 is 11.9 Å². The van der Waals surface area contributed by atoms with E-state index in [0.717, 1.165) is 22.4 Å². The SMILES string of the molecule is CC1=C(C(=O)OCC(C)C)[C@@H](c2ccccc2OCc2ccccc2)C2=C(C[C@H](c3ccc(Cl)cc3)CC2=O)N1. The van der Waals surface area contributed by atoms with Crippen LogP contribution in [0.15, 0.2) is 101 Å². The molecule has 3 aromatic rings. The van der Waals surface area contributed by atoms with Crippen molar-refractivity contribution in [3.8, 4) is 5.75 Å². The van der Waals surface area contributed by atoms with Crippen LogP contribution in [0, 0.1) is 5.92 Å². The summed E-state index contributed by atoms with van der Waals surface area (Å²) in [6, 6.07) is 25.3. The van der Waals surface area contributed by atoms with E-state index in [1.54, 1.807) is 0 Å². The minimum atomic E-state index is -0.596. The Balaban J connectivity index is 1.56. The zero-order valence-electron chi connectivity index (χ0n) is 23.1. The normalized spacial score (nSPS) is 18.9. The molecule has 0 amide bonds. The lowest BCUT2D eigenvalue weighted by Crippen LogP contribution is -2.36. The minimum Gasteiger partial charge on any atom is -0.489 e. The molecule has 2 atom stereocenters. The van der Waals surface area contributed by atoms with Crippen LogP contribution in [-0.4, -0.2) is 18.4 Å². The zero-order chi connectivity index (χ0) is 28.2. The fraction of sp³-hybridized carbons (Fsp3) is 0.294. The summed E-state index contributed by atoms with van der Waals surface area (Å²) in [6.07, 6.45) is 0.997. The lowest BCUT2D eigenvalue weighted by Gasteiger charge is -2.37. The Labute approximate surface area is 240 Å². The second-order valence-corrected chi connectivity index (χ2v) is 11.3. The maximum absolute atomic E-state index is 14.0. The molecule has 2 aliphatic rings. The van der Waals surface area contributed by atoms with Gasteiger partial charge in [-0.1, -0.05) is 86.1 Å². The van der Waals surface area contributed by atoms with Crippen molar-refractivity contribution in [2.45, 2.75) is 52.1 Å². The van der Waals surface area contributed by atoms with Gasteiger partial charge in [0.25, 0.3) is 0 Å². The number of nitrogens with one attached hydrogen (secondary N) is 1. The fourth-order valence-electron chi connectivity index (χ4n) is 5.50. The first kappa shape index (κ1) is 27.7. The van der Waals surface area contributed by atoms with Crippen LogP contribution in [0.1, 0.15) is 62.1 Å². The molecular weight excluding hydrogens is 522 g/mol. The summed E-state index contributed by atoms with van der Waals surface area (Å²) in [5, 5.41) is 4.09. The van der Waals surface area contributed by atoms with Gasteiger partial charge in [-0.15, -0.1) is 0 Å². The maximum Gasteiger partial charge on any atom is 0.336 e. The first-order valence-corrected chi connectivity index (χ1v) is 14.1. The van der Waals surface area contributed by atoms with Crippen molar-refractivity contribution in [3.63, 3.8) is 0 Å². The Bertz CT molecular complexity index is 1460. The second kappa shape index (κ2) is 12.1. The molecule has 1 aliphatic heterocycles. The summed E-state index contributed by atoms with van der Waals surface area (Å²) in [5.41, 5.74) is 5.48. The number of carbonyl (C=O) groups excluding carboxylic acids is 2. The summed E-state index contributed by atoms with van der Waals surface area (Å²) in [4.78, 5) is 27.5. The summed E-state index contributed by atoms with van der Waals surface area (Å²) < 4.78 is 12.0. The summed E-state index contributed by atoms with van der Waals surface area (Å²) in [6.45, 7) is 6.55. The third-order valence-electron chi connectivity index (χ3n) is 7.40. The smallest absolute Gasteiger partial charge is 0.336 e. The van der Waals surface area contributed by atoms with Gasteiger partial charge in [0, 0.05) is 34.0 Å². The van der Waals surface area contributed by atoms with Gasteiger partial charge in [-0.25, -0.2) is 4.79 Å². The van der Waals surface area contributed by atoms with E-state index in [4.69, 9.17) is 21.1 Å². The molecule has 0 radical (unpaired) electrons. The van der Waals surface area contributed by atoms with Crippen molar-refractivity contribution < 1.29 is 19.1 Å². The molecule has 5 nitrogen and oxygen atoms in total. The molecule has 40 heavy (non-hydrogen) atoms. The molecule has 5 rings (SSSR count). The number of dihydropyridines is 1. The Hall–Kier alpha value is -3.83. The van der Waals surface area contributed by atoms with Crippen molar-refractivity contribution in [2.75, 3.05) is 6.61 Å². The molecule has 3 aromatic carbocycles. The van der Waals surface area contributed by atoms with E-state index in [0.29, 0.717) is 53.7 Å². The van der Waals surface area contributed by atoms with Crippen molar-refractivity contribution in [2.24, 2.45) is 5.92 Å². The van der Waals surface area contributed by atoms with Gasteiger partial charge in [0.2, 0.25) is 0 Å². The minimum absolute atomic E-state index is 0.0122. The van der Waals surface area contributed by atoms with E-state index in [-0.39, 0.29) is 17.6 Å². The molecule has 0 bridgehead atoms. The third-order valence-corrected chi connectivity index (χ3v) is 7.66. The molecule has 0 aromatic heterocycles. The predicted octanol–water partition coefficient (Wildman–Crippen LogP) is 7.48. The largest absolute Gasteiger partial charge is 0.489 e. The van der Waals surface area contributed by atoms with Crippen molar-refractivity contribution in [3.05, 3.63) is 123 Å². The highest BCUT2D eigenvalue weighted by molar-refractivity contribution is 6.30. The van der Waals surface area contributed by atoms with Crippen LogP contribution in [0.3, 0.4) is 0 Å². The van der Waals surface area contributed by atoms with Crippen molar-refractivity contribution in [1.29, 1.82) is 0 Å². The summed E-state index contributed by atoms with van der Waals surface area (Å²) in [7, 11) is 0. The van der Waals surface area contributed by atoms with E-state index in [2.05, 4.69) is 5.32 Å². The average molecular weight is 556 g/mol. The molecule has 1 heterocycles. The van der Waals surface area contributed by atoms with Crippen molar-refractivity contribution in [1.82, 2.24) is 5.32 Å². The van der Waals surface area contributed by atoms with Crippen LogP contribution in [0.25, 0.3) is 0 Å². The summed E-state index contributed by atoms with van der Waals surface area (Å²) in [5.74, 6) is -0.156. The number of rotatable bonds is 8. The van der Waals surface area contributed by atoms with Gasteiger partial charge in [-0.3, -0.25) is 4.79 Å². The number of para-hydroxylation sites is 1. The number of allylic oxidation sites excluding steroid dienone is 3. The van der Waals surface area contributed by atoms with Gasteiger partial charge in [0.15, 0.2) is 5.78 Å². The van der Waals surface area contributed by atoms with Gasteiger partial charge >= 0.3 is 5.97 Å². The molecule has 0 unspecified atom stereocenters. The number of hydrogen-bond donors (Lipinski definition) is 1. The predicted molar refractivity (Wildman–Crippen MR) is 157 cm³/mol. The standard InChI is InChI=1S/C34H34ClNO4/c1-21(2)19-40-34(38)31-22(3)36-28-17-25(24-13-15-26(35)16-14-24)18-29(37)33(28)32(31)27-11-7-8-12-30(27)39-20-23-9-5-4-6-10-23/h4-16,21,25,32,36H,17-20H2,1-3H3/t25-,32+/m0/s1. The first-order valence-electron chi connectivity index (χ1n) is 13.7. The highest BCUT2D eigenvalue weighted by atomic mass is 35.5. The highest BCUT2D eigenvalue weighted by Gasteiger charge is 2.42. The first-order chi connectivity index (χ1) is 19.3. The van der Waals surface area contributed by atoms with E-state index in [1.165, 1.54) is 0 Å². The Morgan fingerprint density at radius 2 is 1.68 bits per heavy atom. The molecule has 6 heteroatoms. The highest BCUT2D eigenvalue weighted by Crippen LogP contribution is 2.47. The number of esters is 1. The number of ketones is 1. The van der Waals surface area contributed by atoms with Gasteiger partial charge in [-0.05, 0) is 54.5 Å². The van der Waals surface area contributed by atoms with Crippen LogP contribution >= 0.6 is 11.6 Å². The molecule has 206 valence electrons. The van der Waals surface area contributed by atoms with Crippen molar-refractivity contribution >= 4 is 23.4 Å². The lowest BCUT2D eigenvalue weighted by molar-refractivity contribution is -0.140. The molecule has 0 saturated carbocycles. The van der Waals surface area contributed by atoms with Gasteiger partial charge in [0.1, 0.15) is 12.4 Å². The zero-order valence-corrected chi connectivity index (χ0v) is 23.8. The molecule has 1 aliphatic carbocycles. The molecule has 0 spiro atoms. The van der Waals surface area contributed by atoms with Crippen LogP contribution in [0.5, 0.6) is 5.75 Å². The van der Waals surface area contributed by atoms with Crippen LogP contribution in [0.4, 0.5) is 0 Å². The Morgan fingerprint density at radius 3 is 2.40 bits per heavy atom. The van der Waals surface area contributed by atoms with E-state index in [9.17, 15) is 9.59 Å². The number of carbonyl (C=O) groups is 2.